The van der Waals surface area contributed by atoms with Gasteiger partial charge in [0.25, 0.3) is 0 Å². The molecule has 0 aliphatic carbocycles. The Labute approximate surface area is 118 Å². The molecule has 0 aromatic heterocycles. The molecular weight excluding hydrogens is 278 g/mol. The lowest BCUT2D eigenvalue weighted by Gasteiger charge is -2.31. The minimum absolute atomic E-state index is 0.0785. The monoisotopic (exact) mass is 297 g/mol. The number of nitrogen functional groups attached to an aromatic ring is 1. The van der Waals surface area contributed by atoms with Crippen LogP contribution < -0.4 is 11.1 Å². The van der Waals surface area contributed by atoms with E-state index in [-0.39, 0.29) is 22.5 Å². The molecule has 0 saturated carbocycles. The minimum atomic E-state index is -3.35. The molecule has 1 fully saturated rings. The van der Waals surface area contributed by atoms with Crippen molar-refractivity contribution in [2.24, 2.45) is 0 Å². The number of sulfone groups is 1. The zero-order valence-electron chi connectivity index (χ0n) is 11.6. The fourth-order valence-corrected chi connectivity index (χ4v) is 3.18. The predicted octanol–water partition coefficient (Wildman–Crippen LogP) is 0.705. The first-order valence-electron chi connectivity index (χ1n) is 6.38. The van der Waals surface area contributed by atoms with E-state index in [1.807, 2.05) is 0 Å². The van der Waals surface area contributed by atoms with Gasteiger partial charge in [-0.15, -0.1) is 0 Å². The van der Waals surface area contributed by atoms with Gasteiger partial charge in [-0.3, -0.25) is 4.79 Å². The fourth-order valence-electron chi connectivity index (χ4n) is 2.34. The van der Waals surface area contributed by atoms with Crippen molar-refractivity contribution in [1.82, 2.24) is 4.90 Å². The average Bonchev–Trinajstić information content (AvgIpc) is 2.35. The second-order valence-electron chi connectivity index (χ2n) is 5.14. The van der Waals surface area contributed by atoms with Crippen molar-refractivity contribution >= 4 is 27.1 Å². The maximum Gasteiger partial charge on any atom is 0.222 e. The van der Waals surface area contributed by atoms with E-state index >= 15 is 0 Å². The summed E-state index contributed by atoms with van der Waals surface area (Å²) < 4.78 is 23.3. The quantitative estimate of drug-likeness (QED) is 0.801. The van der Waals surface area contributed by atoms with Crippen molar-refractivity contribution in [3.05, 3.63) is 18.2 Å². The van der Waals surface area contributed by atoms with Gasteiger partial charge in [-0.2, -0.15) is 0 Å². The normalized spacial score (nSPS) is 20.0. The third-order valence-electron chi connectivity index (χ3n) is 3.45. The molecule has 1 atom stereocenters. The SMILES string of the molecule is CN1CC(Nc2cccc(S(C)(=O)=O)c2N)CCC1=O. The average molecular weight is 297 g/mol. The smallest absolute Gasteiger partial charge is 0.222 e. The molecule has 6 nitrogen and oxygen atoms in total. The highest BCUT2D eigenvalue weighted by molar-refractivity contribution is 7.90. The number of likely N-dealkylation sites (N-methyl/N-ethyl adjacent to an activating group) is 1. The molecule has 1 heterocycles. The first kappa shape index (κ1) is 14.6. The molecule has 3 N–H and O–H groups in total. The Morgan fingerprint density at radius 3 is 2.70 bits per heavy atom. The van der Waals surface area contributed by atoms with Crippen LogP contribution in [0.25, 0.3) is 0 Å². The van der Waals surface area contributed by atoms with Crippen molar-refractivity contribution in [2.45, 2.75) is 23.8 Å². The van der Waals surface area contributed by atoms with E-state index in [1.54, 1.807) is 24.1 Å². The van der Waals surface area contributed by atoms with Gasteiger partial charge < -0.3 is 16.0 Å². The first-order chi connectivity index (χ1) is 9.29. The molecule has 20 heavy (non-hydrogen) atoms. The van der Waals surface area contributed by atoms with Gasteiger partial charge in [0.1, 0.15) is 0 Å². The summed E-state index contributed by atoms with van der Waals surface area (Å²) in [5.41, 5.74) is 6.76. The van der Waals surface area contributed by atoms with Crippen LogP contribution in [0.2, 0.25) is 0 Å². The Morgan fingerprint density at radius 1 is 1.40 bits per heavy atom. The van der Waals surface area contributed by atoms with E-state index < -0.39 is 9.84 Å². The van der Waals surface area contributed by atoms with Crippen LogP contribution in [-0.4, -0.2) is 45.1 Å². The number of rotatable bonds is 3. The van der Waals surface area contributed by atoms with Gasteiger partial charge in [-0.05, 0) is 18.6 Å². The number of nitrogens with two attached hydrogens (primary N) is 1. The summed E-state index contributed by atoms with van der Waals surface area (Å²) in [6, 6.07) is 4.98. The Hall–Kier alpha value is -1.76. The van der Waals surface area contributed by atoms with Crippen molar-refractivity contribution < 1.29 is 13.2 Å². The summed E-state index contributed by atoms with van der Waals surface area (Å²) in [5, 5.41) is 3.23. The molecule has 0 radical (unpaired) electrons. The van der Waals surface area contributed by atoms with Gasteiger partial charge in [0, 0.05) is 32.3 Å². The van der Waals surface area contributed by atoms with Gasteiger partial charge in [-0.1, -0.05) is 6.07 Å². The summed E-state index contributed by atoms with van der Waals surface area (Å²) >= 11 is 0. The second-order valence-corrected chi connectivity index (χ2v) is 7.13. The number of anilines is 2. The molecule has 1 aliphatic rings. The number of likely N-dealkylation sites (tertiary alicyclic amines) is 1. The maximum absolute atomic E-state index is 11.6. The molecule has 1 amide bonds. The van der Waals surface area contributed by atoms with Gasteiger partial charge in [-0.25, -0.2) is 8.42 Å². The number of benzene rings is 1. The van der Waals surface area contributed by atoms with Gasteiger partial charge in [0.05, 0.1) is 16.3 Å². The Kier molecular flexibility index (Phi) is 3.89. The number of hydrogen-bond acceptors (Lipinski definition) is 5. The second kappa shape index (κ2) is 5.32. The maximum atomic E-state index is 11.6. The molecular formula is C13H19N3O3S. The number of hydrogen-bond donors (Lipinski definition) is 2. The van der Waals surface area contributed by atoms with E-state index in [0.29, 0.717) is 25.1 Å². The van der Waals surface area contributed by atoms with Crippen LogP contribution in [-0.2, 0) is 14.6 Å². The lowest BCUT2D eigenvalue weighted by molar-refractivity contribution is -0.132. The topological polar surface area (TPSA) is 92.5 Å². The number of amides is 1. The predicted molar refractivity (Wildman–Crippen MR) is 78.2 cm³/mol. The van der Waals surface area contributed by atoms with Crippen LogP contribution in [0.3, 0.4) is 0 Å². The molecule has 110 valence electrons. The summed E-state index contributed by atoms with van der Waals surface area (Å²) in [4.78, 5) is 13.2. The van der Waals surface area contributed by atoms with Crippen molar-refractivity contribution in [3.8, 4) is 0 Å². The highest BCUT2D eigenvalue weighted by Gasteiger charge is 2.23. The molecule has 0 bridgehead atoms. The molecule has 1 unspecified atom stereocenters. The van der Waals surface area contributed by atoms with E-state index in [4.69, 9.17) is 5.73 Å². The van der Waals surface area contributed by atoms with E-state index in [9.17, 15) is 13.2 Å². The number of para-hydroxylation sites is 1. The third kappa shape index (κ3) is 3.04. The van der Waals surface area contributed by atoms with Crippen LogP contribution in [0, 0.1) is 0 Å². The number of carbonyl (C=O) groups excluding carboxylic acids is 1. The van der Waals surface area contributed by atoms with Gasteiger partial charge in [0.2, 0.25) is 5.91 Å². The van der Waals surface area contributed by atoms with E-state index in [2.05, 4.69) is 5.32 Å². The molecule has 7 heteroatoms. The molecule has 1 aliphatic heterocycles. The zero-order valence-corrected chi connectivity index (χ0v) is 12.4. The van der Waals surface area contributed by atoms with E-state index in [1.165, 1.54) is 6.07 Å². The highest BCUT2D eigenvalue weighted by atomic mass is 32.2. The van der Waals surface area contributed by atoms with Gasteiger partial charge >= 0.3 is 0 Å². The Balaban J connectivity index is 2.21. The lowest BCUT2D eigenvalue weighted by Crippen LogP contribution is -2.43. The molecule has 2 rings (SSSR count). The highest BCUT2D eigenvalue weighted by Crippen LogP contribution is 2.28. The Morgan fingerprint density at radius 2 is 2.10 bits per heavy atom. The number of carbonyl (C=O) groups is 1. The number of nitrogens with zero attached hydrogens (tertiary/aromatic N) is 1. The summed E-state index contributed by atoms with van der Waals surface area (Å²) in [5.74, 6) is 0.126. The Bertz CT molecular complexity index is 628. The van der Waals surface area contributed by atoms with Crippen LogP contribution in [0.15, 0.2) is 23.1 Å². The van der Waals surface area contributed by atoms with Gasteiger partial charge in [0.15, 0.2) is 9.84 Å². The van der Waals surface area contributed by atoms with Crippen LogP contribution >= 0.6 is 0 Å². The van der Waals surface area contributed by atoms with Crippen LogP contribution in [0.1, 0.15) is 12.8 Å². The lowest BCUT2D eigenvalue weighted by atomic mass is 10.1. The molecule has 1 aromatic rings. The van der Waals surface area contributed by atoms with E-state index in [0.717, 1.165) is 6.26 Å². The summed E-state index contributed by atoms with van der Waals surface area (Å²) in [6.07, 6.45) is 2.33. The molecule has 0 spiro atoms. The van der Waals surface area contributed by atoms with Crippen LogP contribution in [0.4, 0.5) is 11.4 Å². The standard InChI is InChI=1S/C13H19N3O3S/c1-16-8-9(6-7-12(16)17)15-10-4-3-5-11(13(10)14)20(2,18)19/h3-5,9,15H,6-8,14H2,1-2H3. The zero-order chi connectivity index (χ0) is 14.9. The molecule has 1 saturated heterocycles. The van der Waals surface area contributed by atoms with Crippen molar-refractivity contribution in [3.63, 3.8) is 0 Å². The number of piperidine rings is 1. The van der Waals surface area contributed by atoms with Crippen LogP contribution in [0.5, 0.6) is 0 Å². The largest absolute Gasteiger partial charge is 0.396 e. The number of nitrogens with one attached hydrogen (secondary N) is 1. The molecule has 1 aromatic carbocycles. The minimum Gasteiger partial charge on any atom is -0.396 e. The first-order valence-corrected chi connectivity index (χ1v) is 8.27. The summed E-state index contributed by atoms with van der Waals surface area (Å²) in [7, 11) is -1.59. The third-order valence-corrected chi connectivity index (χ3v) is 4.61. The van der Waals surface area contributed by atoms with Crippen molar-refractivity contribution in [2.75, 3.05) is 30.9 Å². The fraction of sp³-hybridized carbons (Fsp3) is 0.462. The summed E-state index contributed by atoms with van der Waals surface area (Å²) in [6.45, 7) is 0.585. The van der Waals surface area contributed by atoms with Crippen molar-refractivity contribution in [1.29, 1.82) is 0 Å².